The van der Waals surface area contributed by atoms with E-state index in [1.54, 1.807) is 0 Å². The van der Waals surface area contributed by atoms with Crippen LogP contribution in [-0.2, 0) is 0 Å². The first kappa shape index (κ1) is 11.0. The minimum atomic E-state index is -0.850. The van der Waals surface area contributed by atoms with Crippen LogP contribution in [0.3, 0.4) is 0 Å². The van der Waals surface area contributed by atoms with Gasteiger partial charge >= 0.3 is 5.56 Å². The van der Waals surface area contributed by atoms with Gasteiger partial charge in [0.15, 0.2) is 0 Å². The maximum Gasteiger partial charge on any atom is 0.311 e. The van der Waals surface area contributed by atoms with E-state index in [0.717, 1.165) is 10.1 Å². The van der Waals surface area contributed by atoms with Crippen LogP contribution >= 0.6 is 11.3 Å². The maximum atomic E-state index is 13.4. The first-order chi connectivity index (χ1) is 8.66. The lowest BCUT2D eigenvalue weighted by Gasteiger charge is -1.93. The number of rotatable bonds is 1. The average molecular weight is 261 g/mol. The number of halogens is 1. The molecule has 0 fully saturated rings. The molecular formula is C12H8FN3OS. The quantitative estimate of drug-likeness (QED) is 0.675. The molecule has 3 rings (SSSR count). The molecular weight excluding hydrogens is 253 g/mol. The number of benzene rings is 1. The van der Waals surface area contributed by atoms with Crippen LogP contribution in [0.1, 0.15) is 5.69 Å². The standard InChI is InChI=1S/C12H8FN3OS/c1-7-9(13)11(17)16-12(14-7)18-10(15-16)8-5-3-2-4-6-8/h2-6H,1H3. The third kappa shape index (κ3) is 1.62. The maximum absolute atomic E-state index is 13.4. The van der Waals surface area contributed by atoms with Crippen molar-refractivity contribution in [2.45, 2.75) is 6.92 Å². The molecule has 0 aliphatic rings. The summed E-state index contributed by atoms with van der Waals surface area (Å²) < 4.78 is 14.5. The normalized spacial score (nSPS) is 11.0. The highest BCUT2D eigenvalue weighted by molar-refractivity contribution is 7.19. The summed E-state index contributed by atoms with van der Waals surface area (Å²) in [5, 5.41) is 4.75. The van der Waals surface area contributed by atoms with Crippen molar-refractivity contribution in [1.82, 2.24) is 14.6 Å². The second kappa shape index (κ2) is 3.99. The molecule has 0 bridgehead atoms. The van der Waals surface area contributed by atoms with Gasteiger partial charge in [-0.3, -0.25) is 4.79 Å². The lowest BCUT2D eigenvalue weighted by molar-refractivity contribution is 0.580. The van der Waals surface area contributed by atoms with E-state index in [0.29, 0.717) is 9.97 Å². The van der Waals surface area contributed by atoms with E-state index >= 15 is 0 Å². The molecule has 0 saturated heterocycles. The highest BCUT2D eigenvalue weighted by Gasteiger charge is 2.13. The summed E-state index contributed by atoms with van der Waals surface area (Å²) in [6.07, 6.45) is 0. The van der Waals surface area contributed by atoms with Crippen molar-refractivity contribution in [2.75, 3.05) is 0 Å². The second-order valence-corrected chi connectivity index (χ2v) is 4.74. The van der Waals surface area contributed by atoms with Crippen molar-refractivity contribution < 1.29 is 4.39 Å². The van der Waals surface area contributed by atoms with Crippen molar-refractivity contribution >= 4 is 16.3 Å². The number of fused-ring (bicyclic) bond motifs is 1. The predicted octanol–water partition coefficient (Wildman–Crippen LogP) is 2.27. The minimum Gasteiger partial charge on any atom is -0.264 e. The number of aryl methyl sites for hydroxylation is 1. The molecule has 6 heteroatoms. The molecule has 0 aliphatic carbocycles. The SMILES string of the molecule is Cc1nc2sc(-c3ccccc3)nn2c(=O)c1F. The molecule has 0 spiro atoms. The van der Waals surface area contributed by atoms with E-state index in [-0.39, 0.29) is 5.69 Å². The number of nitrogens with zero attached hydrogens (tertiary/aromatic N) is 3. The summed E-state index contributed by atoms with van der Waals surface area (Å²) in [5.74, 6) is -0.850. The Kier molecular flexibility index (Phi) is 2.45. The summed E-state index contributed by atoms with van der Waals surface area (Å²) in [7, 11) is 0. The van der Waals surface area contributed by atoms with Crippen LogP contribution in [0.25, 0.3) is 15.5 Å². The molecule has 0 unspecified atom stereocenters. The van der Waals surface area contributed by atoms with Gasteiger partial charge in [0.05, 0.1) is 5.69 Å². The van der Waals surface area contributed by atoms with Crippen molar-refractivity contribution in [3.8, 4) is 10.6 Å². The van der Waals surface area contributed by atoms with Crippen LogP contribution in [0, 0.1) is 12.7 Å². The molecule has 18 heavy (non-hydrogen) atoms. The third-order valence-electron chi connectivity index (χ3n) is 2.54. The van der Waals surface area contributed by atoms with Crippen molar-refractivity contribution in [3.63, 3.8) is 0 Å². The second-order valence-electron chi connectivity index (χ2n) is 3.78. The van der Waals surface area contributed by atoms with E-state index in [2.05, 4.69) is 10.1 Å². The number of hydrogen-bond donors (Lipinski definition) is 0. The average Bonchev–Trinajstić information content (AvgIpc) is 2.81. The Morgan fingerprint density at radius 3 is 2.72 bits per heavy atom. The molecule has 4 nitrogen and oxygen atoms in total. The molecule has 1 aromatic carbocycles. The molecule has 2 heterocycles. The molecule has 0 aliphatic heterocycles. The predicted molar refractivity (Wildman–Crippen MR) is 67.3 cm³/mol. The lowest BCUT2D eigenvalue weighted by atomic mass is 10.2. The van der Waals surface area contributed by atoms with Gasteiger partial charge in [0, 0.05) is 5.56 Å². The summed E-state index contributed by atoms with van der Waals surface area (Å²) >= 11 is 1.26. The van der Waals surface area contributed by atoms with Gasteiger partial charge in [0.25, 0.3) is 0 Å². The zero-order valence-corrected chi connectivity index (χ0v) is 10.2. The Bertz CT molecular complexity index is 779. The smallest absolute Gasteiger partial charge is 0.264 e. The van der Waals surface area contributed by atoms with E-state index < -0.39 is 11.4 Å². The Morgan fingerprint density at radius 2 is 2.00 bits per heavy atom. The first-order valence-electron chi connectivity index (χ1n) is 5.28. The lowest BCUT2D eigenvalue weighted by Crippen LogP contribution is -2.20. The molecule has 90 valence electrons. The van der Waals surface area contributed by atoms with Crippen molar-refractivity contribution in [3.05, 3.63) is 52.2 Å². The summed E-state index contributed by atoms with van der Waals surface area (Å²) in [5.41, 5.74) is 0.227. The van der Waals surface area contributed by atoms with Crippen LogP contribution in [-0.4, -0.2) is 14.6 Å². The van der Waals surface area contributed by atoms with Crippen LogP contribution < -0.4 is 5.56 Å². The minimum absolute atomic E-state index is 0.100. The first-order valence-corrected chi connectivity index (χ1v) is 6.10. The molecule has 0 amide bonds. The van der Waals surface area contributed by atoms with Gasteiger partial charge in [0.2, 0.25) is 10.8 Å². The number of hydrogen-bond acceptors (Lipinski definition) is 4. The highest BCUT2D eigenvalue weighted by atomic mass is 32.1. The highest BCUT2D eigenvalue weighted by Crippen LogP contribution is 2.23. The Hall–Kier alpha value is -2.08. The van der Waals surface area contributed by atoms with Gasteiger partial charge in [-0.1, -0.05) is 41.7 Å². The fourth-order valence-electron chi connectivity index (χ4n) is 1.62. The molecule has 3 aromatic rings. The zero-order valence-electron chi connectivity index (χ0n) is 9.42. The molecule has 0 radical (unpaired) electrons. The third-order valence-corrected chi connectivity index (χ3v) is 3.50. The van der Waals surface area contributed by atoms with E-state index in [1.165, 1.54) is 18.3 Å². The van der Waals surface area contributed by atoms with Gasteiger partial charge in [-0.05, 0) is 6.92 Å². The fraction of sp³-hybridized carbons (Fsp3) is 0.0833. The van der Waals surface area contributed by atoms with E-state index in [9.17, 15) is 9.18 Å². The van der Waals surface area contributed by atoms with Gasteiger partial charge < -0.3 is 0 Å². The van der Waals surface area contributed by atoms with Gasteiger partial charge in [-0.2, -0.15) is 14.0 Å². The van der Waals surface area contributed by atoms with Gasteiger partial charge in [0.1, 0.15) is 5.01 Å². The Morgan fingerprint density at radius 1 is 1.28 bits per heavy atom. The van der Waals surface area contributed by atoms with Crippen LogP contribution in [0.4, 0.5) is 4.39 Å². The van der Waals surface area contributed by atoms with Crippen LogP contribution in [0.2, 0.25) is 0 Å². The van der Waals surface area contributed by atoms with Crippen LogP contribution in [0.15, 0.2) is 35.1 Å². The van der Waals surface area contributed by atoms with Crippen molar-refractivity contribution in [1.29, 1.82) is 0 Å². The molecule has 0 atom stereocenters. The summed E-state index contributed by atoms with van der Waals surface area (Å²) in [6, 6.07) is 9.41. The van der Waals surface area contributed by atoms with Crippen LogP contribution in [0.5, 0.6) is 0 Å². The topological polar surface area (TPSA) is 47.3 Å². The zero-order chi connectivity index (χ0) is 12.7. The molecule has 0 saturated carbocycles. The van der Waals surface area contributed by atoms with E-state index in [1.807, 2.05) is 30.3 Å². The summed E-state index contributed by atoms with van der Waals surface area (Å²) in [6.45, 7) is 1.47. The molecule has 2 aromatic heterocycles. The van der Waals surface area contributed by atoms with Gasteiger partial charge in [-0.15, -0.1) is 0 Å². The largest absolute Gasteiger partial charge is 0.311 e. The molecule has 0 N–H and O–H groups in total. The van der Waals surface area contributed by atoms with Gasteiger partial charge in [-0.25, -0.2) is 4.98 Å². The number of aromatic nitrogens is 3. The summed E-state index contributed by atoms with van der Waals surface area (Å²) in [4.78, 5) is 16.1. The van der Waals surface area contributed by atoms with Crippen molar-refractivity contribution in [2.24, 2.45) is 0 Å². The Balaban J connectivity index is 2.30. The van der Waals surface area contributed by atoms with E-state index in [4.69, 9.17) is 0 Å². The Labute approximate surface area is 105 Å². The fourth-order valence-corrected chi connectivity index (χ4v) is 2.57. The monoisotopic (exact) mass is 261 g/mol.